The van der Waals surface area contributed by atoms with Gasteiger partial charge < -0.3 is 14.6 Å². The summed E-state index contributed by atoms with van der Waals surface area (Å²) in [6.07, 6.45) is 3.88. The van der Waals surface area contributed by atoms with Crippen molar-refractivity contribution in [3.05, 3.63) is 70.7 Å². The van der Waals surface area contributed by atoms with E-state index in [1.165, 1.54) is 11.3 Å². The van der Waals surface area contributed by atoms with Gasteiger partial charge in [0, 0.05) is 12.4 Å². The van der Waals surface area contributed by atoms with E-state index in [1.54, 1.807) is 0 Å². The average Bonchev–Trinajstić information content (AvgIpc) is 3.26. The van der Waals surface area contributed by atoms with Crippen molar-refractivity contribution in [2.24, 2.45) is 0 Å². The van der Waals surface area contributed by atoms with Gasteiger partial charge in [0.25, 0.3) is 5.91 Å². The molecule has 0 aliphatic heterocycles. The van der Waals surface area contributed by atoms with Crippen molar-refractivity contribution in [1.29, 1.82) is 0 Å². The lowest BCUT2D eigenvalue weighted by Gasteiger charge is -2.15. The van der Waals surface area contributed by atoms with E-state index in [2.05, 4.69) is 5.32 Å². The first kappa shape index (κ1) is 16.3. The summed E-state index contributed by atoms with van der Waals surface area (Å²) in [6.45, 7) is 4.59. The molecule has 1 aromatic carbocycles. The molecule has 0 saturated carbocycles. The molecule has 0 fully saturated rings. The molecule has 0 spiro atoms. The molecule has 4 nitrogen and oxygen atoms in total. The number of carbonyl (C=O) groups excluding carboxylic acids is 1. The Morgan fingerprint density at radius 2 is 1.92 bits per heavy atom. The van der Waals surface area contributed by atoms with E-state index in [9.17, 15) is 4.79 Å². The number of hydrogen-bond acceptors (Lipinski definition) is 3. The lowest BCUT2D eigenvalue weighted by molar-refractivity contribution is 0.0944. The molecule has 1 atom stereocenters. The van der Waals surface area contributed by atoms with Gasteiger partial charge >= 0.3 is 0 Å². The Kier molecular flexibility index (Phi) is 5.01. The number of aromatic nitrogens is 1. The van der Waals surface area contributed by atoms with Gasteiger partial charge in [-0.2, -0.15) is 0 Å². The van der Waals surface area contributed by atoms with Crippen LogP contribution in [0.1, 0.15) is 35.1 Å². The second-order valence-electron chi connectivity index (χ2n) is 5.42. The number of nitrogens with one attached hydrogen (secondary N) is 1. The normalized spacial score (nSPS) is 11.9. The van der Waals surface area contributed by atoms with Gasteiger partial charge in [-0.25, -0.2) is 0 Å². The van der Waals surface area contributed by atoms with Crippen molar-refractivity contribution in [3.63, 3.8) is 0 Å². The SMILES string of the molecule is CCOc1ccc(C(C)NC(=O)c2sccc2-n2cccc2)cc1. The second kappa shape index (κ2) is 7.36. The van der Waals surface area contributed by atoms with Crippen LogP contribution < -0.4 is 10.1 Å². The molecule has 0 aliphatic carbocycles. The van der Waals surface area contributed by atoms with E-state index in [4.69, 9.17) is 4.74 Å². The minimum absolute atomic E-state index is 0.0601. The first-order valence-corrected chi connectivity index (χ1v) is 8.81. The molecule has 24 heavy (non-hydrogen) atoms. The fourth-order valence-electron chi connectivity index (χ4n) is 2.54. The van der Waals surface area contributed by atoms with Crippen LogP contribution in [0.2, 0.25) is 0 Å². The van der Waals surface area contributed by atoms with Gasteiger partial charge in [-0.1, -0.05) is 12.1 Å². The Morgan fingerprint density at radius 3 is 2.58 bits per heavy atom. The number of ether oxygens (including phenoxy) is 1. The summed E-state index contributed by atoms with van der Waals surface area (Å²) in [7, 11) is 0. The summed E-state index contributed by atoms with van der Waals surface area (Å²) >= 11 is 1.45. The van der Waals surface area contributed by atoms with E-state index in [0.717, 1.165) is 17.0 Å². The topological polar surface area (TPSA) is 43.3 Å². The second-order valence-corrected chi connectivity index (χ2v) is 6.34. The van der Waals surface area contributed by atoms with E-state index < -0.39 is 0 Å². The minimum atomic E-state index is -0.0761. The Bertz CT molecular complexity index is 791. The van der Waals surface area contributed by atoms with Crippen LogP contribution in [0.5, 0.6) is 5.75 Å². The van der Waals surface area contributed by atoms with Gasteiger partial charge in [-0.05, 0) is 55.1 Å². The number of hydrogen-bond donors (Lipinski definition) is 1. The predicted octanol–water partition coefficient (Wildman–Crippen LogP) is 4.43. The van der Waals surface area contributed by atoms with Crippen LogP contribution in [-0.2, 0) is 0 Å². The van der Waals surface area contributed by atoms with Gasteiger partial charge in [0.05, 0.1) is 18.3 Å². The van der Waals surface area contributed by atoms with Crippen molar-refractivity contribution in [3.8, 4) is 11.4 Å². The van der Waals surface area contributed by atoms with Gasteiger partial charge in [0.1, 0.15) is 10.6 Å². The van der Waals surface area contributed by atoms with E-state index in [0.29, 0.717) is 11.5 Å². The largest absolute Gasteiger partial charge is 0.494 e. The molecule has 3 aromatic rings. The van der Waals surface area contributed by atoms with Crippen molar-refractivity contribution in [2.75, 3.05) is 6.61 Å². The summed E-state index contributed by atoms with van der Waals surface area (Å²) in [6, 6.07) is 13.6. The summed E-state index contributed by atoms with van der Waals surface area (Å²) in [5, 5.41) is 5.01. The minimum Gasteiger partial charge on any atom is -0.494 e. The molecular formula is C19H20N2O2S. The summed E-state index contributed by atoms with van der Waals surface area (Å²) in [5.74, 6) is 0.781. The van der Waals surface area contributed by atoms with E-state index in [-0.39, 0.29) is 11.9 Å². The van der Waals surface area contributed by atoms with Gasteiger partial charge in [0.15, 0.2) is 0 Å². The van der Waals surface area contributed by atoms with E-state index >= 15 is 0 Å². The fourth-order valence-corrected chi connectivity index (χ4v) is 3.33. The van der Waals surface area contributed by atoms with Crippen molar-refractivity contribution in [1.82, 2.24) is 9.88 Å². The Hall–Kier alpha value is -2.53. The first-order valence-electron chi connectivity index (χ1n) is 7.93. The molecule has 3 rings (SSSR count). The molecule has 0 aliphatic rings. The molecule has 5 heteroatoms. The maximum atomic E-state index is 12.6. The summed E-state index contributed by atoms with van der Waals surface area (Å²) in [5.41, 5.74) is 1.95. The van der Waals surface area contributed by atoms with Crippen LogP contribution in [0, 0.1) is 0 Å². The molecule has 124 valence electrons. The average molecular weight is 340 g/mol. The highest BCUT2D eigenvalue weighted by Gasteiger charge is 2.17. The van der Waals surface area contributed by atoms with Crippen LogP contribution in [0.15, 0.2) is 60.2 Å². The number of benzene rings is 1. The molecule has 0 saturated heterocycles. The van der Waals surface area contributed by atoms with Crippen LogP contribution in [0.3, 0.4) is 0 Å². The third-order valence-corrected chi connectivity index (χ3v) is 4.67. The van der Waals surface area contributed by atoms with Crippen molar-refractivity contribution < 1.29 is 9.53 Å². The van der Waals surface area contributed by atoms with Crippen LogP contribution in [-0.4, -0.2) is 17.1 Å². The van der Waals surface area contributed by atoms with Gasteiger partial charge in [0.2, 0.25) is 0 Å². The quantitative estimate of drug-likeness (QED) is 0.721. The number of thiophene rings is 1. The highest BCUT2D eigenvalue weighted by atomic mass is 32.1. The molecule has 2 heterocycles. The monoisotopic (exact) mass is 340 g/mol. The predicted molar refractivity (Wildman–Crippen MR) is 97.1 cm³/mol. The molecular weight excluding hydrogens is 320 g/mol. The smallest absolute Gasteiger partial charge is 0.263 e. The summed E-state index contributed by atoms with van der Waals surface area (Å²) < 4.78 is 7.40. The van der Waals surface area contributed by atoms with Crippen LogP contribution in [0.25, 0.3) is 5.69 Å². The number of rotatable bonds is 6. The van der Waals surface area contributed by atoms with Crippen molar-refractivity contribution in [2.45, 2.75) is 19.9 Å². The third kappa shape index (κ3) is 3.51. The van der Waals surface area contributed by atoms with E-state index in [1.807, 2.05) is 78.7 Å². The number of nitrogens with zero attached hydrogens (tertiary/aromatic N) is 1. The lowest BCUT2D eigenvalue weighted by atomic mass is 10.1. The maximum Gasteiger partial charge on any atom is 0.263 e. The molecule has 0 bridgehead atoms. The molecule has 1 N–H and O–H groups in total. The maximum absolute atomic E-state index is 12.6. The lowest BCUT2D eigenvalue weighted by Crippen LogP contribution is -2.26. The Morgan fingerprint density at radius 1 is 1.21 bits per heavy atom. The number of amides is 1. The molecule has 2 aromatic heterocycles. The first-order chi connectivity index (χ1) is 11.7. The number of carbonyl (C=O) groups is 1. The van der Waals surface area contributed by atoms with Crippen LogP contribution in [0.4, 0.5) is 0 Å². The van der Waals surface area contributed by atoms with Crippen LogP contribution >= 0.6 is 11.3 Å². The summed E-state index contributed by atoms with van der Waals surface area (Å²) in [4.78, 5) is 13.3. The highest BCUT2D eigenvalue weighted by molar-refractivity contribution is 7.12. The standard InChI is InChI=1S/C19H20N2O2S/c1-3-23-16-8-6-15(7-9-16)14(2)20-19(22)18-17(10-13-24-18)21-11-4-5-12-21/h4-14H,3H2,1-2H3,(H,20,22). The zero-order chi connectivity index (χ0) is 16.9. The van der Waals surface area contributed by atoms with Gasteiger partial charge in [-0.15, -0.1) is 11.3 Å². The molecule has 1 unspecified atom stereocenters. The zero-order valence-electron chi connectivity index (χ0n) is 13.7. The molecule has 1 amide bonds. The van der Waals surface area contributed by atoms with Gasteiger partial charge in [-0.3, -0.25) is 4.79 Å². The third-order valence-electron chi connectivity index (χ3n) is 3.77. The molecule has 0 radical (unpaired) electrons. The van der Waals surface area contributed by atoms with Crippen molar-refractivity contribution >= 4 is 17.2 Å². The zero-order valence-corrected chi connectivity index (χ0v) is 14.5. The Balaban J connectivity index is 1.72. The fraction of sp³-hybridized carbons (Fsp3) is 0.211. The highest BCUT2D eigenvalue weighted by Crippen LogP contribution is 2.23. The Labute approximate surface area is 145 Å².